The average Bonchev–Trinajstić information content (AvgIpc) is 2.59. The number of nitrogens with two attached hydrogens (primary N) is 1. The van der Waals surface area contributed by atoms with Crippen LogP contribution in [0.1, 0.15) is 44.5 Å². The predicted octanol–water partition coefficient (Wildman–Crippen LogP) is 2.58. The highest BCUT2D eigenvalue weighted by atomic mass is 35.5. The summed E-state index contributed by atoms with van der Waals surface area (Å²) in [5, 5.41) is 0. The van der Waals surface area contributed by atoms with Crippen molar-refractivity contribution in [3.8, 4) is 0 Å². The standard InChI is InChI=1S/C18H31N3O3S.ClH/c1-6-21(7-2)25(23,24)16-10-8-9-15(13-16)18(22)20(5)12-11-17(19)14(3)4;/h8-10,13-14,17H,6-7,11-12,19H2,1-5H3;1H. The first-order chi connectivity index (χ1) is 11.6. The van der Waals surface area contributed by atoms with Crippen LogP contribution < -0.4 is 5.73 Å². The SMILES string of the molecule is CCN(CC)S(=O)(=O)c1cccc(C(=O)N(C)CCC(N)C(C)C)c1.Cl. The fraction of sp³-hybridized carbons (Fsp3) is 0.611. The summed E-state index contributed by atoms with van der Waals surface area (Å²) in [5.74, 6) is 0.151. The molecule has 8 heteroatoms. The maximum Gasteiger partial charge on any atom is 0.253 e. The number of sulfonamides is 1. The van der Waals surface area contributed by atoms with Crippen molar-refractivity contribution in [3.05, 3.63) is 29.8 Å². The number of amides is 1. The van der Waals surface area contributed by atoms with Gasteiger partial charge in [-0.1, -0.05) is 33.8 Å². The second-order valence-corrected chi connectivity index (χ2v) is 8.48. The minimum atomic E-state index is -3.58. The van der Waals surface area contributed by atoms with Crippen molar-refractivity contribution in [2.24, 2.45) is 11.7 Å². The Hall–Kier alpha value is -1.15. The number of nitrogens with zero attached hydrogens (tertiary/aromatic N) is 2. The minimum absolute atomic E-state index is 0. The highest BCUT2D eigenvalue weighted by Crippen LogP contribution is 2.18. The van der Waals surface area contributed by atoms with Gasteiger partial charge in [0.05, 0.1) is 4.90 Å². The summed E-state index contributed by atoms with van der Waals surface area (Å²) in [4.78, 5) is 14.3. The van der Waals surface area contributed by atoms with Crippen LogP contribution in [0.25, 0.3) is 0 Å². The highest BCUT2D eigenvalue weighted by Gasteiger charge is 2.23. The van der Waals surface area contributed by atoms with Crippen LogP contribution in [-0.4, -0.2) is 56.3 Å². The first-order valence-corrected chi connectivity index (χ1v) is 10.2. The van der Waals surface area contributed by atoms with Gasteiger partial charge in [0.2, 0.25) is 10.0 Å². The molecule has 26 heavy (non-hydrogen) atoms. The van der Waals surface area contributed by atoms with Gasteiger partial charge < -0.3 is 10.6 Å². The van der Waals surface area contributed by atoms with Crippen LogP contribution in [0.3, 0.4) is 0 Å². The summed E-state index contributed by atoms with van der Waals surface area (Å²) in [6.07, 6.45) is 0.706. The lowest BCUT2D eigenvalue weighted by Crippen LogP contribution is -2.35. The zero-order valence-electron chi connectivity index (χ0n) is 16.3. The molecule has 0 spiro atoms. The molecule has 0 aliphatic rings. The van der Waals surface area contributed by atoms with Crippen molar-refractivity contribution in [3.63, 3.8) is 0 Å². The Bertz CT molecular complexity index is 676. The van der Waals surface area contributed by atoms with E-state index in [2.05, 4.69) is 0 Å². The summed E-state index contributed by atoms with van der Waals surface area (Å²) >= 11 is 0. The fourth-order valence-electron chi connectivity index (χ4n) is 2.50. The van der Waals surface area contributed by atoms with Gasteiger partial charge in [-0.25, -0.2) is 8.42 Å². The zero-order valence-corrected chi connectivity index (χ0v) is 17.9. The minimum Gasteiger partial charge on any atom is -0.342 e. The predicted molar refractivity (Wildman–Crippen MR) is 108 cm³/mol. The molecule has 1 amide bonds. The van der Waals surface area contributed by atoms with Crippen molar-refractivity contribution in [1.82, 2.24) is 9.21 Å². The molecule has 0 heterocycles. The van der Waals surface area contributed by atoms with Gasteiger partial charge in [0.25, 0.3) is 5.91 Å². The van der Waals surface area contributed by atoms with Crippen LogP contribution >= 0.6 is 12.4 Å². The summed E-state index contributed by atoms with van der Waals surface area (Å²) < 4.78 is 26.6. The molecule has 1 aromatic rings. The third kappa shape index (κ3) is 6.23. The highest BCUT2D eigenvalue weighted by molar-refractivity contribution is 7.89. The van der Waals surface area contributed by atoms with Gasteiger partial charge in [0.1, 0.15) is 0 Å². The van der Waals surface area contributed by atoms with E-state index in [1.807, 2.05) is 13.8 Å². The van der Waals surface area contributed by atoms with E-state index in [4.69, 9.17) is 5.73 Å². The molecule has 0 fully saturated rings. The monoisotopic (exact) mass is 405 g/mol. The molecular formula is C18H32ClN3O3S. The second kappa shape index (κ2) is 10.9. The largest absolute Gasteiger partial charge is 0.342 e. The molecule has 0 radical (unpaired) electrons. The number of carbonyl (C=O) groups excluding carboxylic acids is 1. The topological polar surface area (TPSA) is 83.7 Å². The smallest absolute Gasteiger partial charge is 0.253 e. The van der Waals surface area contributed by atoms with E-state index < -0.39 is 10.0 Å². The van der Waals surface area contributed by atoms with Crippen LogP contribution in [0.2, 0.25) is 0 Å². The molecule has 0 saturated heterocycles. The fourth-order valence-corrected chi connectivity index (χ4v) is 4.00. The molecule has 0 aliphatic carbocycles. The summed E-state index contributed by atoms with van der Waals surface area (Å²) in [7, 11) is -1.87. The number of rotatable bonds is 9. The van der Waals surface area contributed by atoms with Crippen LogP contribution in [0.4, 0.5) is 0 Å². The van der Waals surface area contributed by atoms with Crippen molar-refractivity contribution in [1.29, 1.82) is 0 Å². The van der Waals surface area contributed by atoms with Gasteiger partial charge >= 0.3 is 0 Å². The molecule has 1 aromatic carbocycles. The van der Waals surface area contributed by atoms with E-state index in [-0.39, 0.29) is 29.3 Å². The number of hydrogen-bond donors (Lipinski definition) is 1. The van der Waals surface area contributed by atoms with Gasteiger partial charge in [-0.3, -0.25) is 4.79 Å². The molecular weight excluding hydrogens is 374 g/mol. The quantitative estimate of drug-likeness (QED) is 0.684. The number of benzene rings is 1. The van der Waals surface area contributed by atoms with Crippen LogP contribution in [-0.2, 0) is 10.0 Å². The molecule has 1 rings (SSSR count). The lowest BCUT2D eigenvalue weighted by molar-refractivity contribution is 0.0789. The maximum atomic E-state index is 12.6. The van der Waals surface area contributed by atoms with Crippen molar-refractivity contribution >= 4 is 28.3 Å². The van der Waals surface area contributed by atoms with Crippen molar-refractivity contribution in [2.75, 3.05) is 26.7 Å². The maximum absolute atomic E-state index is 12.6. The summed E-state index contributed by atoms with van der Waals surface area (Å²) in [6, 6.07) is 6.26. The Morgan fingerprint density at radius 2 is 1.77 bits per heavy atom. The Labute approximate surface area is 164 Å². The Kier molecular flexibility index (Phi) is 10.4. The van der Waals surface area contributed by atoms with E-state index in [0.717, 1.165) is 0 Å². The van der Waals surface area contributed by atoms with Crippen LogP contribution in [0.5, 0.6) is 0 Å². The number of carbonyl (C=O) groups is 1. The molecule has 1 unspecified atom stereocenters. The van der Waals surface area contributed by atoms with E-state index in [9.17, 15) is 13.2 Å². The Morgan fingerprint density at radius 3 is 2.27 bits per heavy atom. The summed E-state index contributed by atoms with van der Waals surface area (Å²) in [5.41, 5.74) is 6.40. The molecule has 0 saturated carbocycles. The molecule has 150 valence electrons. The van der Waals surface area contributed by atoms with Crippen LogP contribution in [0, 0.1) is 5.92 Å². The molecule has 0 aromatic heterocycles. The Balaban J connectivity index is 0.00000625. The second-order valence-electron chi connectivity index (χ2n) is 6.54. The van der Waals surface area contributed by atoms with Gasteiger partial charge in [-0.05, 0) is 30.5 Å². The van der Waals surface area contributed by atoms with Crippen LogP contribution in [0.15, 0.2) is 29.2 Å². The normalized spacial score (nSPS) is 12.8. The van der Waals surface area contributed by atoms with E-state index in [1.54, 1.807) is 37.9 Å². The molecule has 2 N–H and O–H groups in total. The third-order valence-electron chi connectivity index (χ3n) is 4.43. The lowest BCUT2D eigenvalue weighted by Gasteiger charge is -2.22. The first-order valence-electron chi connectivity index (χ1n) is 8.76. The zero-order chi connectivity index (χ0) is 19.2. The Morgan fingerprint density at radius 1 is 1.19 bits per heavy atom. The van der Waals surface area contributed by atoms with E-state index in [1.165, 1.54) is 16.4 Å². The molecule has 6 nitrogen and oxygen atoms in total. The summed E-state index contributed by atoms with van der Waals surface area (Å²) in [6.45, 7) is 9.00. The van der Waals surface area contributed by atoms with Crippen molar-refractivity contribution < 1.29 is 13.2 Å². The van der Waals surface area contributed by atoms with E-state index >= 15 is 0 Å². The lowest BCUT2D eigenvalue weighted by atomic mass is 10.0. The van der Waals surface area contributed by atoms with E-state index in [0.29, 0.717) is 37.5 Å². The van der Waals surface area contributed by atoms with Gasteiger partial charge in [-0.15, -0.1) is 12.4 Å². The number of halogens is 1. The van der Waals surface area contributed by atoms with Crippen molar-refractivity contribution in [2.45, 2.75) is 45.1 Å². The molecule has 0 bridgehead atoms. The number of hydrogen-bond acceptors (Lipinski definition) is 4. The van der Waals surface area contributed by atoms with Gasteiger partial charge in [0.15, 0.2) is 0 Å². The van der Waals surface area contributed by atoms with Gasteiger partial charge in [-0.2, -0.15) is 4.31 Å². The average molecular weight is 406 g/mol. The molecule has 1 atom stereocenters. The third-order valence-corrected chi connectivity index (χ3v) is 6.47. The molecule has 0 aliphatic heterocycles. The first kappa shape index (κ1) is 24.8. The van der Waals surface area contributed by atoms with Gasteiger partial charge in [0, 0.05) is 38.3 Å².